The predicted octanol–water partition coefficient (Wildman–Crippen LogP) is 3.93. The van der Waals surface area contributed by atoms with Gasteiger partial charge < -0.3 is 15.6 Å². The van der Waals surface area contributed by atoms with Crippen LogP contribution in [0.4, 0.5) is 13.2 Å². The first-order valence-electron chi connectivity index (χ1n) is 5.73. The van der Waals surface area contributed by atoms with Crippen molar-refractivity contribution in [3.05, 3.63) is 28.2 Å². The van der Waals surface area contributed by atoms with E-state index in [1.807, 2.05) is 6.92 Å². The zero-order valence-electron chi connectivity index (χ0n) is 10.7. The van der Waals surface area contributed by atoms with Gasteiger partial charge in [0.25, 0.3) is 0 Å². The lowest BCUT2D eigenvalue weighted by Gasteiger charge is -2.22. The second-order valence-corrected chi connectivity index (χ2v) is 5.03. The first kappa shape index (κ1) is 19.5. The molecule has 0 aromatic heterocycles. The second-order valence-electron chi connectivity index (χ2n) is 4.11. The Morgan fingerprint density at radius 3 is 2.50 bits per heavy atom. The van der Waals surface area contributed by atoms with Crippen LogP contribution in [0, 0.1) is 0 Å². The highest BCUT2D eigenvalue weighted by molar-refractivity contribution is 9.10. The molecule has 0 spiro atoms. The molecule has 1 aromatic rings. The van der Waals surface area contributed by atoms with Gasteiger partial charge in [-0.1, -0.05) is 29.3 Å². The minimum absolute atomic E-state index is 0. The molecule has 1 rings (SSSR count). The maximum absolute atomic E-state index is 12.3. The summed E-state index contributed by atoms with van der Waals surface area (Å²) >= 11 is 3.16. The molecule has 0 aliphatic carbocycles. The fourth-order valence-electron chi connectivity index (χ4n) is 1.68. The van der Waals surface area contributed by atoms with Crippen LogP contribution in [-0.2, 0) is 0 Å². The summed E-state index contributed by atoms with van der Waals surface area (Å²) in [7, 11) is 0. The Morgan fingerprint density at radius 2 is 2.00 bits per heavy atom. The summed E-state index contributed by atoms with van der Waals surface area (Å²) in [6.45, 7) is 1.85. The zero-order chi connectivity index (χ0) is 14.6. The van der Waals surface area contributed by atoms with Gasteiger partial charge in [-0.25, -0.2) is 0 Å². The van der Waals surface area contributed by atoms with E-state index in [0.717, 1.165) is 0 Å². The van der Waals surface area contributed by atoms with Crippen LogP contribution in [0.15, 0.2) is 22.7 Å². The van der Waals surface area contributed by atoms with Gasteiger partial charge in [-0.3, -0.25) is 0 Å². The first-order valence-corrected chi connectivity index (χ1v) is 6.52. The normalized spacial score (nSPS) is 14.3. The van der Waals surface area contributed by atoms with E-state index in [-0.39, 0.29) is 18.0 Å². The number of alkyl halides is 3. The molecular formula is C12H16BrClF3NO2. The van der Waals surface area contributed by atoms with Crippen molar-refractivity contribution < 1.29 is 23.0 Å². The van der Waals surface area contributed by atoms with Crippen molar-refractivity contribution in [3.63, 3.8) is 0 Å². The van der Waals surface area contributed by atoms with E-state index in [9.17, 15) is 18.3 Å². The number of benzene rings is 1. The lowest BCUT2D eigenvalue weighted by atomic mass is 9.98. The summed E-state index contributed by atoms with van der Waals surface area (Å²) in [6.07, 6.45) is -4.63. The molecule has 0 amide bonds. The largest absolute Gasteiger partial charge is 0.573 e. The molecule has 20 heavy (non-hydrogen) atoms. The second kappa shape index (κ2) is 8.07. The Hall–Kier alpha value is -0.500. The first-order chi connectivity index (χ1) is 8.74. The monoisotopic (exact) mass is 377 g/mol. The Labute approximate surface area is 129 Å². The van der Waals surface area contributed by atoms with Gasteiger partial charge in [-0.05, 0) is 24.6 Å². The molecule has 0 saturated heterocycles. The standard InChI is InChI=1S/C12H15BrF3NO2.ClH/c1-2-3-9(18)11(17)8-6-7(13)4-5-10(8)19-12(14,15)16;/h4-6,9,11,18H,2-3,17H2,1H3;1H/t9-,11+;/m0./s1. The van der Waals surface area contributed by atoms with Gasteiger partial charge in [0.05, 0.1) is 12.1 Å². The third-order valence-electron chi connectivity index (χ3n) is 2.56. The van der Waals surface area contributed by atoms with Crippen molar-refractivity contribution in [3.8, 4) is 5.75 Å². The Morgan fingerprint density at radius 1 is 1.40 bits per heavy atom. The molecule has 0 aliphatic rings. The van der Waals surface area contributed by atoms with Gasteiger partial charge in [0.2, 0.25) is 0 Å². The van der Waals surface area contributed by atoms with Crippen LogP contribution in [0.3, 0.4) is 0 Å². The van der Waals surface area contributed by atoms with E-state index in [1.165, 1.54) is 18.2 Å². The van der Waals surface area contributed by atoms with Crippen LogP contribution in [-0.4, -0.2) is 17.6 Å². The number of rotatable bonds is 5. The van der Waals surface area contributed by atoms with Gasteiger partial charge in [-0.2, -0.15) is 0 Å². The number of aliphatic hydroxyl groups is 1. The quantitative estimate of drug-likeness (QED) is 0.816. The Bertz CT molecular complexity index is 432. The van der Waals surface area contributed by atoms with E-state index in [0.29, 0.717) is 17.3 Å². The number of aliphatic hydroxyl groups excluding tert-OH is 1. The number of nitrogens with two attached hydrogens (primary N) is 1. The SMILES string of the molecule is CCC[C@H](O)[C@H](N)c1cc(Br)ccc1OC(F)(F)F.Cl. The molecule has 0 bridgehead atoms. The summed E-state index contributed by atoms with van der Waals surface area (Å²) in [5.41, 5.74) is 5.91. The van der Waals surface area contributed by atoms with E-state index in [2.05, 4.69) is 20.7 Å². The van der Waals surface area contributed by atoms with Crippen LogP contribution in [0.25, 0.3) is 0 Å². The van der Waals surface area contributed by atoms with Crippen LogP contribution in [0.5, 0.6) is 5.75 Å². The maximum Gasteiger partial charge on any atom is 0.573 e. The molecule has 0 fully saturated rings. The fourth-order valence-corrected chi connectivity index (χ4v) is 2.06. The zero-order valence-corrected chi connectivity index (χ0v) is 13.1. The maximum atomic E-state index is 12.3. The molecule has 0 radical (unpaired) electrons. The molecule has 0 saturated carbocycles. The lowest BCUT2D eigenvalue weighted by Crippen LogP contribution is -2.28. The highest BCUT2D eigenvalue weighted by Crippen LogP contribution is 2.33. The molecule has 2 atom stereocenters. The smallest absolute Gasteiger partial charge is 0.405 e. The molecule has 0 heterocycles. The topological polar surface area (TPSA) is 55.5 Å². The minimum Gasteiger partial charge on any atom is -0.405 e. The molecule has 116 valence electrons. The van der Waals surface area contributed by atoms with Crippen molar-refractivity contribution in [2.24, 2.45) is 5.73 Å². The number of hydrogen-bond acceptors (Lipinski definition) is 3. The molecule has 1 aromatic carbocycles. The highest BCUT2D eigenvalue weighted by atomic mass is 79.9. The molecule has 0 unspecified atom stereocenters. The number of hydrogen-bond donors (Lipinski definition) is 2. The molecule has 0 aliphatic heterocycles. The third kappa shape index (κ3) is 5.87. The van der Waals surface area contributed by atoms with E-state index >= 15 is 0 Å². The molecular weight excluding hydrogens is 362 g/mol. The number of ether oxygens (including phenoxy) is 1. The fraction of sp³-hybridized carbons (Fsp3) is 0.500. The summed E-state index contributed by atoms with van der Waals surface area (Å²) in [5.74, 6) is -0.390. The Kier molecular flexibility index (Phi) is 7.87. The Balaban J connectivity index is 0.00000361. The average molecular weight is 379 g/mol. The molecule has 3 nitrogen and oxygen atoms in total. The van der Waals surface area contributed by atoms with Crippen LogP contribution >= 0.6 is 28.3 Å². The van der Waals surface area contributed by atoms with Gasteiger partial charge in [0.15, 0.2) is 0 Å². The average Bonchev–Trinajstić information content (AvgIpc) is 2.29. The lowest BCUT2D eigenvalue weighted by molar-refractivity contribution is -0.275. The van der Waals surface area contributed by atoms with Crippen molar-refractivity contribution in [1.82, 2.24) is 0 Å². The van der Waals surface area contributed by atoms with Crippen molar-refractivity contribution in [2.75, 3.05) is 0 Å². The summed E-state index contributed by atoms with van der Waals surface area (Å²) in [6, 6.07) is 3.08. The predicted molar refractivity (Wildman–Crippen MR) is 75.9 cm³/mol. The van der Waals surface area contributed by atoms with Crippen molar-refractivity contribution in [1.29, 1.82) is 0 Å². The molecule has 3 N–H and O–H groups in total. The van der Waals surface area contributed by atoms with Crippen LogP contribution in [0.2, 0.25) is 0 Å². The van der Waals surface area contributed by atoms with Crippen LogP contribution < -0.4 is 10.5 Å². The van der Waals surface area contributed by atoms with Crippen LogP contribution in [0.1, 0.15) is 31.4 Å². The van der Waals surface area contributed by atoms with E-state index < -0.39 is 24.3 Å². The summed E-state index contributed by atoms with van der Waals surface area (Å²) < 4.78 is 41.4. The van der Waals surface area contributed by atoms with E-state index in [1.54, 1.807) is 0 Å². The van der Waals surface area contributed by atoms with E-state index in [4.69, 9.17) is 5.73 Å². The molecule has 8 heteroatoms. The number of halogens is 5. The summed E-state index contributed by atoms with van der Waals surface area (Å²) in [5, 5.41) is 9.81. The third-order valence-corrected chi connectivity index (χ3v) is 3.05. The highest BCUT2D eigenvalue weighted by Gasteiger charge is 2.33. The van der Waals surface area contributed by atoms with Gasteiger partial charge in [0.1, 0.15) is 5.75 Å². The summed E-state index contributed by atoms with van der Waals surface area (Å²) in [4.78, 5) is 0. The minimum atomic E-state index is -4.79. The van der Waals surface area contributed by atoms with Gasteiger partial charge in [-0.15, -0.1) is 25.6 Å². The van der Waals surface area contributed by atoms with Gasteiger partial charge in [0, 0.05) is 10.0 Å². The van der Waals surface area contributed by atoms with Crippen molar-refractivity contribution in [2.45, 2.75) is 38.3 Å². The van der Waals surface area contributed by atoms with Gasteiger partial charge >= 0.3 is 6.36 Å². The van der Waals surface area contributed by atoms with Crippen molar-refractivity contribution >= 4 is 28.3 Å².